The fourth-order valence-corrected chi connectivity index (χ4v) is 5.41. The molecule has 2 aliphatic heterocycles. The molecule has 2 N–H and O–H groups in total. The van der Waals surface area contributed by atoms with E-state index in [1.807, 2.05) is 40.7 Å². The van der Waals surface area contributed by atoms with Crippen LogP contribution in [0.5, 0.6) is 0 Å². The number of β-amino-alcohol motifs (C(OH)–C–C–N with tert-alkyl or cyclic N) is 1. The van der Waals surface area contributed by atoms with E-state index in [1.54, 1.807) is 49.1 Å². The zero-order chi connectivity index (χ0) is 32.4. The monoisotopic (exact) mass is 612 g/mol. The number of aliphatic hydroxyl groups excluding tert-OH is 1. The van der Waals surface area contributed by atoms with Gasteiger partial charge in [-0.15, -0.1) is 0 Å². The van der Waals surface area contributed by atoms with Crippen molar-refractivity contribution in [1.82, 2.24) is 24.7 Å². The van der Waals surface area contributed by atoms with E-state index in [2.05, 4.69) is 10.3 Å². The van der Waals surface area contributed by atoms with E-state index in [9.17, 15) is 19.5 Å². The second kappa shape index (κ2) is 13.1. The Kier molecular flexibility index (Phi) is 9.92. The van der Waals surface area contributed by atoms with Gasteiger partial charge in [-0.05, 0) is 45.2 Å². The van der Waals surface area contributed by atoms with Crippen molar-refractivity contribution in [2.75, 3.05) is 38.0 Å². The number of nitrogens with zero attached hydrogens (tertiary/aromatic N) is 5. The standard InChI is InChI=1S/C32H48N6O6/c1-20(2)15-38(28(41)25-14-34-29(31(3,4)5)35-26(25)33-13-24-10-9-11-43-24)22-12-21(27(40)36-18-23(39)19-36)16-37(17-22)30(42)44-32(6,7)8/h9-11,14,20-23,39H,12-13,15-19H2,1-8H3,(H,33,34,35). The second-order valence-corrected chi connectivity index (χ2v) is 14.4. The van der Waals surface area contributed by atoms with E-state index in [0.29, 0.717) is 42.5 Å². The van der Waals surface area contributed by atoms with E-state index >= 15 is 0 Å². The van der Waals surface area contributed by atoms with Crippen molar-refractivity contribution >= 4 is 23.7 Å². The van der Waals surface area contributed by atoms with E-state index < -0.39 is 29.8 Å². The van der Waals surface area contributed by atoms with Crippen LogP contribution in [0.3, 0.4) is 0 Å². The summed E-state index contributed by atoms with van der Waals surface area (Å²) in [6.07, 6.45) is 2.46. The minimum Gasteiger partial charge on any atom is -0.467 e. The zero-order valence-electron chi connectivity index (χ0n) is 27.3. The Bertz CT molecular complexity index is 1310. The Morgan fingerprint density at radius 1 is 1.11 bits per heavy atom. The molecule has 2 saturated heterocycles. The average Bonchev–Trinajstić information content (AvgIpc) is 3.44. The van der Waals surface area contributed by atoms with Crippen LogP contribution < -0.4 is 5.32 Å². The van der Waals surface area contributed by atoms with Crippen molar-refractivity contribution in [2.24, 2.45) is 11.8 Å². The predicted octanol–water partition coefficient (Wildman–Crippen LogP) is 3.91. The lowest BCUT2D eigenvalue weighted by Crippen LogP contribution is -2.61. The Labute approximate surface area is 260 Å². The van der Waals surface area contributed by atoms with Gasteiger partial charge in [0.15, 0.2) is 0 Å². The maximum Gasteiger partial charge on any atom is 0.410 e. The topological polar surface area (TPSA) is 141 Å². The van der Waals surface area contributed by atoms with Gasteiger partial charge in [-0.2, -0.15) is 0 Å². The molecule has 3 amide bonds. The van der Waals surface area contributed by atoms with E-state index in [1.165, 1.54) is 4.90 Å². The Morgan fingerprint density at radius 3 is 2.39 bits per heavy atom. The summed E-state index contributed by atoms with van der Waals surface area (Å²) in [5.41, 5.74) is -0.775. The number of aromatic nitrogens is 2. The first-order chi connectivity index (χ1) is 20.5. The number of amides is 3. The van der Waals surface area contributed by atoms with Gasteiger partial charge in [0.1, 0.15) is 28.6 Å². The van der Waals surface area contributed by atoms with Gasteiger partial charge in [-0.1, -0.05) is 34.6 Å². The maximum atomic E-state index is 14.5. The normalized spacial score (nSPS) is 19.5. The fraction of sp³-hybridized carbons (Fsp3) is 0.656. The highest BCUT2D eigenvalue weighted by atomic mass is 16.6. The molecule has 4 heterocycles. The van der Waals surface area contributed by atoms with Crippen LogP contribution in [0.4, 0.5) is 10.6 Å². The second-order valence-electron chi connectivity index (χ2n) is 14.4. The molecule has 4 rings (SSSR count). The molecule has 0 spiro atoms. The Morgan fingerprint density at radius 2 is 1.82 bits per heavy atom. The summed E-state index contributed by atoms with van der Waals surface area (Å²) in [4.78, 5) is 55.5. The number of hydrogen-bond acceptors (Lipinski definition) is 9. The number of rotatable bonds is 8. The number of nitrogens with one attached hydrogen (secondary N) is 1. The van der Waals surface area contributed by atoms with Crippen LogP contribution in [-0.4, -0.2) is 98.2 Å². The molecular weight excluding hydrogens is 564 g/mol. The van der Waals surface area contributed by atoms with Gasteiger partial charge in [0.2, 0.25) is 5.91 Å². The van der Waals surface area contributed by atoms with Crippen LogP contribution in [-0.2, 0) is 21.5 Å². The lowest BCUT2D eigenvalue weighted by atomic mass is 9.90. The first kappa shape index (κ1) is 33.2. The predicted molar refractivity (Wildman–Crippen MR) is 165 cm³/mol. The SMILES string of the molecule is CC(C)CN(C(=O)c1cnc(C(C)(C)C)nc1NCc1ccco1)C1CC(C(=O)N2CC(O)C2)CN(C(=O)OC(C)(C)C)C1. The van der Waals surface area contributed by atoms with Crippen LogP contribution in [0, 0.1) is 11.8 Å². The number of piperidine rings is 1. The van der Waals surface area contributed by atoms with Crippen LogP contribution in [0.2, 0.25) is 0 Å². The van der Waals surface area contributed by atoms with Crippen LogP contribution in [0.15, 0.2) is 29.0 Å². The minimum absolute atomic E-state index is 0.102. The van der Waals surface area contributed by atoms with Gasteiger partial charge in [0, 0.05) is 44.3 Å². The number of furan rings is 1. The van der Waals surface area contributed by atoms with Crippen LogP contribution >= 0.6 is 0 Å². The summed E-state index contributed by atoms with van der Waals surface area (Å²) in [6, 6.07) is 3.17. The molecule has 12 heteroatoms. The molecule has 12 nitrogen and oxygen atoms in total. The lowest BCUT2D eigenvalue weighted by molar-refractivity contribution is -0.148. The first-order valence-corrected chi connectivity index (χ1v) is 15.4. The van der Waals surface area contributed by atoms with Gasteiger partial charge < -0.3 is 34.3 Å². The molecule has 2 aromatic heterocycles. The number of hydrogen-bond donors (Lipinski definition) is 2. The van der Waals surface area contributed by atoms with Gasteiger partial charge >= 0.3 is 6.09 Å². The third-order valence-electron chi connectivity index (χ3n) is 7.57. The molecule has 0 aromatic carbocycles. The first-order valence-electron chi connectivity index (χ1n) is 15.4. The number of aliphatic hydroxyl groups is 1. The van der Waals surface area contributed by atoms with Gasteiger partial charge in [-0.3, -0.25) is 9.59 Å². The molecule has 44 heavy (non-hydrogen) atoms. The molecule has 0 aliphatic carbocycles. The molecular formula is C32H48N6O6. The number of anilines is 1. The zero-order valence-corrected chi connectivity index (χ0v) is 27.3. The lowest BCUT2D eigenvalue weighted by Gasteiger charge is -2.45. The summed E-state index contributed by atoms with van der Waals surface area (Å²) in [6.45, 7) is 17.1. The molecule has 2 fully saturated rings. The Hall–Kier alpha value is -3.67. The summed E-state index contributed by atoms with van der Waals surface area (Å²) >= 11 is 0. The van der Waals surface area contributed by atoms with Crippen molar-refractivity contribution in [1.29, 1.82) is 0 Å². The van der Waals surface area contributed by atoms with Crippen molar-refractivity contribution in [3.8, 4) is 0 Å². The summed E-state index contributed by atoms with van der Waals surface area (Å²) < 4.78 is 11.2. The van der Waals surface area contributed by atoms with Gasteiger partial charge in [0.05, 0.1) is 30.9 Å². The quantitative estimate of drug-likeness (QED) is 0.454. The number of likely N-dealkylation sites (tertiary alicyclic amines) is 2. The highest BCUT2D eigenvalue weighted by molar-refractivity contribution is 5.98. The van der Waals surface area contributed by atoms with Gasteiger partial charge in [0.25, 0.3) is 5.91 Å². The van der Waals surface area contributed by atoms with Crippen molar-refractivity contribution in [3.63, 3.8) is 0 Å². The molecule has 0 radical (unpaired) electrons. The smallest absolute Gasteiger partial charge is 0.410 e. The summed E-state index contributed by atoms with van der Waals surface area (Å²) in [7, 11) is 0. The van der Waals surface area contributed by atoms with Crippen LogP contribution in [0.25, 0.3) is 0 Å². The van der Waals surface area contributed by atoms with Crippen molar-refractivity contribution < 1.29 is 28.6 Å². The minimum atomic E-state index is -0.723. The third kappa shape index (κ3) is 8.28. The molecule has 0 bridgehead atoms. The molecule has 2 atom stereocenters. The third-order valence-corrected chi connectivity index (χ3v) is 7.57. The van der Waals surface area contributed by atoms with E-state index in [0.717, 1.165) is 0 Å². The Balaban J connectivity index is 1.68. The fourth-order valence-electron chi connectivity index (χ4n) is 5.41. The van der Waals surface area contributed by atoms with Gasteiger partial charge in [-0.25, -0.2) is 14.8 Å². The number of ether oxygens (including phenoxy) is 1. The van der Waals surface area contributed by atoms with E-state index in [4.69, 9.17) is 14.1 Å². The molecule has 2 aromatic rings. The number of carbonyl (C=O) groups is 3. The van der Waals surface area contributed by atoms with Crippen molar-refractivity contribution in [2.45, 2.75) is 91.5 Å². The highest BCUT2D eigenvalue weighted by Crippen LogP contribution is 2.30. The highest BCUT2D eigenvalue weighted by Gasteiger charge is 2.43. The van der Waals surface area contributed by atoms with Crippen LogP contribution in [0.1, 0.15) is 83.8 Å². The average molecular weight is 613 g/mol. The molecule has 2 aliphatic rings. The maximum absolute atomic E-state index is 14.5. The summed E-state index contributed by atoms with van der Waals surface area (Å²) in [5.74, 6) is 0.796. The molecule has 0 saturated carbocycles. The largest absolute Gasteiger partial charge is 0.467 e. The van der Waals surface area contributed by atoms with E-state index in [-0.39, 0.29) is 49.3 Å². The number of carbonyl (C=O) groups excluding carboxylic acids is 3. The molecule has 2 unspecified atom stereocenters. The summed E-state index contributed by atoms with van der Waals surface area (Å²) in [5, 5.41) is 13.1. The van der Waals surface area contributed by atoms with Crippen molar-refractivity contribution in [3.05, 3.63) is 41.7 Å². The molecule has 242 valence electrons.